The minimum absolute atomic E-state index is 0. The average Bonchev–Trinajstić information content (AvgIpc) is 2.70. The van der Waals surface area contributed by atoms with Gasteiger partial charge in [0.25, 0.3) is 10.0 Å². The van der Waals surface area contributed by atoms with Crippen molar-refractivity contribution < 1.29 is 17.5 Å². The van der Waals surface area contributed by atoms with E-state index in [1.54, 1.807) is 31.5 Å². The molecule has 31 heavy (non-hydrogen) atoms. The Labute approximate surface area is 188 Å². The van der Waals surface area contributed by atoms with Crippen LogP contribution in [0.3, 0.4) is 0 Å². The molecule has 0 aliphatic rings. The van der Waals surface area contributed by atoms with Crippen molar-refractivity contribution in [3.05, 3.63) is 77.9 Å². The second kappa shape index (κ2) is 10.5. The molecule has 0 saturated heterocycles. The molecule has 0 spiro atoms. The van der Waals surface area contributed by atoms with Crippen molar-refractivity contribution in [2.45, 2.75) is 18.7 Å². The molecule has 0 fully saturated rings. The van der Waals surface area contributed by atoms with Crippen molar-refractivity contribution in [2.24, 2.45) is 0 Å². The van der Waals surface area contributed by atoms with Gasteiger partial charge in [-0.25, -0.2) is 12.8 Å². The fraction of sp³-hybridized carbons (Fsp3) is 0.227. The Morgan fingerprint density at radius 1 is 1.06 bits per heavy atom. The summed E-state index contributed by atoms with van der Waals surface area (Å²) in [5, 5.41) is 3.22. The lowest BCUT2D eigenvalue weighted by molar-refractivity contribution is 0.333. The highest BCUT2D eigenvalue weighted by Gasteiger charge is 2.24. The zero-order valence-corrected chi connectivity index (χ0v) is 19.1. The molecule has 1 N–H and O–H groups in total. The Hall–Kier alpha value is -2.84. The lowest BCUT2D eigenvalue weighted by atomic mass is 10.2. The predicted octanol–water partition coefficient (Wildman–Crippen LogP) is 4.58. The number of aryl methyl sites for hydroxylation is 2. The van der Waals surface area contributed by atoms with Gasteiger partial charge < -0.3 is 10.1 Å². The Morgan fingerprint density at radius 3 is 2.45 bits per heavy atom. The number of ether oxygens (including phenoxy) is 1. The SMILES string of the molecule is Cc1cc(OCCNc2ccncc2)cc(N(C)S(=O)(=O)c2ccc(F)cc2C)c1.Cl. The minimum Gasteiger partial charge on any atom is -0.492 e. The maximum absolute atomic E-state index is 13.4. The van der Waals surface area contributed by atoms with Gasteiger partial charge in [-0.2, -0.15) is 0 Å². The molecule has 3 aromatic rings. The summed E-state index contributed by atoms with van der Waals surface area (Å²) >= 11 is 0. The second-order valence-corrected chi connectivity index (χ2v) is 8.84. The number of anilines is 2. The lowest BCUT2D eigenvalue weighted by Crippen LogP contribution is -2.27. The zero-order valence-electron chi connectivity index (χ0n) is 17.5. The number of hydrogen-bond acceptors (Lipinski definition) is 5. The fourth-order valence-corrected chi connectivity index (χ4v) is 4.40. The van der Waals surface area contributed by atoms with Gasteiger partial charge in [0.1, 0.15) is 18.2 Å². The van der Waals surface area contributed by atoms with Crippen LogP contribution in [0.25, 0.3) is 0 Å². The summed E-state index contributed by atoms with van der Waals surface area (Å²) in [5.74, 6) is 0.0973. The van der Waals surface area contributed by atoms with Crippen molar-refractivity contribution in [2.75, 3.05) is 29.8 Å². The molecule has 0 bridgehead atoms. The van der Waals surface area contributed by atoms with E-state index in [-0.39, 0.29) is 17.3 Å². The third-order valence-corrected chi connectivity index (χ3v) is 6.50. The van der Waals surface area contributed by atoms with Crippen LogP contribution in [-0.4, -0.2) is 33.6 Å². The van der Waals surface area contributed by atoms with Gasteiger partial charge in [-0.15, -0.1) is 12.4 Å². The molecule has 0 amide bonds. The normalized spacial score (nSPS) is 10.8. The van der Waals surface area contributed by atoms with Crippen LogP contribution < -0.4 is 14.4 Å². The van der Waals surface area contributed by atoms with Gasteiger partial charge in [-0.1, -0.05) is 0 Å². The van der Waals surface area contributed by atoms with Gasteiger partial charge in [0.05, 0.1) is 10.6 Å². The lowest BCUT2D eigenvalue weighted by Gasteiger charge is -2.22. The molecular formula is C22H25ClFN3O3S. The van der Waals surface area contributed by atoms with Gasteiger partial charge in [0.2, 0.25) is 0 Å². The van der Waals surface area contributed by atoms with Crippen LogP contribution in [0.15, 0.2) is 65.8 Å². The third kappa shape index (κ3) is 6.08. The molecule has 1 heterocycles. The highest BCUT2D eigenvalue weighted by molar-refractivity contribution is 7.92. The zero-order chi connectivity index (χ0) is 21.7. The Balaban J connectivity index is 0.00000341. The van der Waals surface area contributed by atoms with Gasteiger partial charge in [0.15, 0.2) is 0 Å². The number of nitrogens with zero attached hydrogens (tertiary/aromatic N) is 2. The maximum atomic E-state index is 13.4. The van der Waals surface area contributed by atoms with Crippen LogP contribution in [0.5, 0.6) is 5.75 Å². The molecule has 0 aliphatic carbocycles. The molecule has 0 saturated carbocycles. The summed E-state index contributed by atoms with van der Waals surface area (Å²) in [6.45, 7) is 4.43. The number of sulfonamides is 1. The number of aromatic nitrogens is 1. The van der Waals surface area contributed by atoms with Crippen LogP contribution in [0, 0.1) is 19.7 Å². The topological polar surface area (TPSA) is 71.5 Å². The van der Waals surface area contributed by atoms with Gasteiger partial charge >= 0.3 is 0 Å². The van der Waals surface area contributed by atoms with Gasteiger partial charge in [-0.3, -0.25) is 9.29 Å². The van der Waals surface area contributed by atoms with Crippen molar-refractivity contribution in [1.29, 1.82) is 0 Å². The van der Waals surface area contributed by atoms with E-state index in [2.05, 4.69) is 10.3 Å². The second-order valence-electron chi connectivity index (χ2n) is 6.90. The van der Waals surface area contributed by atoms with Crippen LogP contribution in [-0.2, 0) is 10.0 Å². The standard InChI is InChI=1S/C22H24FN3O3S.ClH/c1-16-12-20(26(3)30(27,28)22-5-4-18(23)14-17(22)2)15-21(13-16)29-11-10-25-19-6-8-24-9-7-19;/h4-9,12-15H,10-11H2,1-3H3,(H,24,25);1H. The fourth-order valence-electron chi connectivity index (χ4n) is 3.02. The molecule has 166 valence electrons. The molecule has 0 aliphatic heterocycles. The molecule has 2 aromatic carbocycles. The van der Waals surface area contributed by atoms with Gasteiger partial charge in [-0.05, 0) is 67.4 Å². The molecule has 1 aromatic heterocycles. The number of halogens is 2. The maximum Gasteiger partial charge on any atom is 0.264 e. The van der Waals surface area contributed by atoms with E-state index < -0.39 is 15.8 Å². The Kier molecular flexibility index (Phi) is 8.24. The molecule has 0 radical (unpaired) electrons. The Bertz CT molecular complexity index is 1130. The number of pyridine rings is 1. The summed E-state index contributed by atoms with van der Waals surface area (Å²) in [6.07, 6.45) is 3.41. The molecule has 3 rings (SSSR count). The molecule has 6 nitrogen and oxygen atoms in total. The summed E-state index contributed by atoms with van der Waals surface area (Å²) in [6, 6.07) is 12.7. The van der Waals surface area contributed by atoms with Crippen LogP contribution in [0.4, 0.5) is 15.8 Å². The van der Waals surface area contributed by atoms with E-state index in [1.807, 2.05) is 25.1 Å². The predicted molar refractivity (Wildman–Crippen MR) is 123 cm³/mol. The highest BCUT2D eigenvalue weighted by Crippen LogP contribution is 2.29. The largest absolute Gasteiger partial charge is 0.492 e. The molecule has 0 atom stereocenters. The quantitative estimate of drug-likeness (QED) is 0.493. The van der Waals surface area contributed by atoms with E-state index in [1.165, 1.54) is 23.5 Å². The summed E-state index contributed by atoms with van der Waals surface area (Å²) in [4.78, 5) is 4.03. The van der Waals surface area contributed by atoms with Crippen molar-refractivity contribution in [1.82, 2.24) is 4.98 Å². The smallest absolute Gasteiger partial charge is 0.264 e. The van der Waals surface area contributed by atoms with Gasteiger partial charge in [0, 0.05) is 37.7 Å². The first-order chi connectivity index (χ1) is 14.3. The van der Waals surface area contributed by atoms with Crippen LogP contribution >= 0.6 is 12.4 Å². The first kappa shape index (κ1) is 24.4. The summed E-state index contributed by atoms with van der Waals surface area (Å²) in [5.41, 5.74) is 2.63. The summed E-state index contributed by atoms with van der Waals surface area (Å²) in [7, 11) is -2.37. The number of hydrogen-bond donors (Lipinski definition) is 1. The number of benzene rings is 2. The highest BCUT2D eigenvalue weighted by atomic mass is 35.5. The van der Waals surface area contributed by atoms with Crippen LogP contribution in [0.2, 0.25) is 0 Å². The van der Waals surface area contributed by atoms with E-state index in [4.69, 9.17) is 4.74 Å². The van der Waals surface area contributed by atoms with E-state index in [0.29, 0.717) is 30.2 Å². The Morgan fingerprint density at radius 2 is 1.77 bits per heavy atom. The number of rotatable bonds is 8. The molecule has 0 unspecified atom stereocenters. The first-order valence-electron chi connectivity index (χ1n) is 9.41. The minimum atomic E-state index is -3.84. The summed E-state index contributed by atoms with van der Waals surface area (Å²) < 4.78 is 46.5. The average molecular weight is 466 g/mol. The van der Waals surface area contributed by atoms with Crippen molar-refractivity contribution >= 4 is 33.8 Å². The van der Waals surface area contributed by atoms with E-state index >= 15 is 0 Å². The monoisotopic (exact) mass is 465 g/mol. The van der Waals surface area contributed by atoms with Crippen molar-refractivity contribution in [3.8, 4) is 5.75 Å². The molecule has 9 heteroatoms. The first-order valence-corrected chi connectivity index (χ1v) is 10.8. The van der Waals surface area contributed by atoms with Crippen molar-refractivity contribution in [3.63, 3.8) is 0 Å². The molecular weight excluding hydrogens is 441 g/mol. The van der Waals surface area contributed by atoms with Crippen LogP contribution in [0.1, 0.15) is 11.1 Å². The third-order valence-electron chi connectivity index (χ3n) is 4.55. The van der Waals surface area contributed by atoms with E-state index in [0.717, 1.165) is 17.3 Å². The number of nitrogens with one attached hydrogen (secondary N) is 1. The van der Waals surface area contributed by atoms with E-state index in [9.17, 15) is 12.8 Å².